The fourth-order valence-electron chi connectivity index (χ4n) is 4.54. The molecule has 1 saturated heterocycles. The van der Waals surface area contributed by atoms with E-state index in [2.05, 4.69) is 21.4 Å². The Balaban J connectivity index is 1.70. The maximum Gasteiger partial charge on any atom is 0.261 e. The van der Waals surface area contributed by atoms with Crippen molar-refractivity contribution in [2.75, 3.05) is 18.5 Å². The van der Waals surface area contributed by atoms with Gasteiger partial charge >= 0.3 is 0 Å². The first-order valence-corrected chi connectivity index (χ1v) is 12.9. The molecule has 3 heterocycles. The first-order valence-electron chi connectivity index (χ1n) is 11.4. The van der Waals surface area contributed by atoms with E-state index in [0.717, 1.165) is 0 Å². The summed E-state index contributed by atoms with van der Waals surface area (Å²) in [4.78, 5) is 20.1. The summed E-state index contributed by atoms with van der Waals surface area (Å²) in [7, 11) is -3.59. The zero-order chi connectivity index (χ0) is 25.4. The first kappa shape index (κ1) is 24.9. The number of hydrogen-bond acceptors (Lipinski definition) is 7. The maximum absolute atomic E-state index is 12.9. The van der Waals surface area contributed by atoms with Gasteiger partial charge in [0.1, 0.15) is 11.4 Å². The number of aromatic amines is 1. The molecule has 2 aliphatic heterocycles. The number of nitrogens with one attached hydrogen (secondary N) is 2. The van der Waals surface area contributed by atoms with Crippen molar-refractivity contribution < 1.29 is 13.2 Å². The summed E-state index contributed by atoms with van der Waals surface area (Å²) in [6, 6.07) is 8.72. The van der Waals surface area contributed by atoms with Crippen molar-refractivity contribution in [2.24, 2.45) is 10.7 Å². The lowest BCUT2D eigenvalue weighted by molar-refractivity contribution is 0.0616. The molecule has 1 fully saturated rings. The third-order valence-corrected chi connectivity index (χ3v) is 8.62. The molecule has 0 atom stereocenters. The lowest BCUT2D eigenvalue weighted by atomic mass is 9.86. The van der Waals surface area contributed by atoms with Gasteiger partial charge in [-0.25, -0.2) is 13.4 Å². The van der Waals surface area contributed by atoms with Crippen LogP contribution in [0.15, 0.2) is 45.1 Å². The van der Waals surface area contributed by atoms with E-state index in [1.807, 2.05) is 20.8 Å². The van der Waals surface area contributed by atoms with Gasteiger partial charge in [-0.15, -0.1) is 0 Å². The second-order valence-corrected chi connectivity index (χ2v) is 11.8. The average molecular weight is 499 g/mol. The van der Waals surface area contributed by atoms with Crippen LogP contribution in [0.5, 0.6) is 0 Å². The number of aliphatic imine (C=N–C) groups is 1. The van der Waals surface area contributed by atoms with Crippen molar-refractivity contribution in [3.05, 3.63) is 51.9 Å². The van der Waals surface area contributed by atoms with Crippen molar-refractivity contribution in [3.8, 4) is 6.07 Å². The van der Waals surface area contributed by atoms with Gasteiger partial charge in [-0.1, -0.05) is 0 Å². The second kappa shape index (κ2) is 9.11. The van der Waals surface area contributed by atoms with Crippen LogP contribution in [-0.4, -0.2) is 47.8 Å². The fraction of sp³-hybridized carbons (Fsp3) is 0.458. The van der Waals surface area contributed by atoms with Crippen LogP contribution in [0, 0.1) is 11.3 Å². The number of H-pyrrole nitrogens is 1. The summed E-state index contributed by atoms with van der Waals surface area (Å²) in [5.74, 6) is -0.0120. The number of amidine groups is 1. The van der Waals surface area contributed by atoms with Crippen molar-refractivity contribution in [2.45, 2.75) is 62.6 Å². The standard InChI is InChI=1S/C24H30N6O4S/c1-23(2,3)30-15-16-14-17(4-5-19(16)35(30,32)33)28-21(26)20-18(6-11-27-22(20)31)29-24(7-10-25)8-12-34-13-9-24/h4-6,11,14H,7-9,12-13,15H2,1-3H3,(H2,26,28)(H2,27,29,31). The van der Waals surface area contributed by atoms with Crippen LogP contribution < -0.4 is 16.6 Å². The van der Waals surface area contributed by atoms with E-state index >= 15 is 0 Å². The van der Waals surface area contributed by atoms with Crippen molar-refractivity contribution in [1.29, 1.82) is 5.26 Å². The van der Waals surface area contributed by atoms with Gasteiger partial charge in [0.2, 0.25) is 10.0 Å². The Labute approximate surface area is 204 Å². The van der Waals surface area contributed by atoms with Crippen LogP contribution in [-0.2, 0) is 21.3 Å². The second-order valence-electron chi connectivity index (χ2n) is 9.92. The molecular weight excluding hydrogens is 468 g/mol. The Hall–Kier alpha value is -3.20. The molecule has 0 amide bonds. The van der Waals surface area contributed by atoms with Crippen LogP contribution in [0.3, 0.4) is 0 Å². The number of nitrogens with two attached hydrogens (primary N) is 1. The highest BCUT2D eigenvalue weighted by Gasteiger charge is 2.41. The Morgan fingerprint density at radius 2 is 2.03 bits per heavy atom. The molecule has 2 aliphatic rings. The molecule has 1 aromatic carbocycles. The summed E-state index contributed by atoms with van der Waals surface area (Å²) in [5, 5.41) is 12.8. The van der Waals surface area contributed by atoms with Crippen LogP contribution in [0.1, 0.15) is 51.2 Å². The number of ether oxygens (including phenoxy) is 1. The number of aromatic nitrogens is 1. The van der Waals surface area contributed by atoms with Gasteiger partial charge in [0.15, 0.2) is 0 Å². The quantitative estimate of drug-likeness (QED) is 0.423. The van der Waals surface area contributed by atoms with Gasteiger partial charge in [-0.2, -0.15) is 9.57 Å². The van der Waals surface area contributed by atoms with Gasteiger partial charge in [-0.05, 0) is 63.4 Å². The molecular formula is C24H30N6O4S. The molecule has 10 nitrogen and oxygen atoms in total. The van der Waals surface area contributed by atoms with Gasteiger partial charge in [-0.3, -0.25) is 4.79 Å². The SMILES string of the molecule is CC(C)(C)N1Cc2cc(N=C(N)c3c(NC4(CC#N)CCOCC4)cc[nH]c3=O)ccc2S1(=O)=O. The lowest BCUT2D eigenvalue weighted by Crippen LogP contribution is -2.44. The molecule has 0 unspecified atom stereocenters. The molecule has 2 aromatic rings. The van der Waals surface area contributed by atoms with Gasteiger partial charge < -0.3 is 20.8 Å². The molecule has 35 heavy (non-hydrogen) atoms. The summed E-state index contributed by atoms with van der Waals surface area (Å²) in [5.41, 5.74) is 6.52. The third-order valence-electron chi connectivity index (χ3n) is 6.41. The van der Waals surface area contributed by atoms with Crippen LogP contribution in [0.2, 0.25) is 0 Å². The number of fused-ring (bicyclic) bond motifs is 1. The average Bonchev–Trinajstić information content (AvgIpc) is 3.05. The van der Waals surface area contributed by atoms with Gasteiger partial charge in [0, 0.05) is 31.5 Å². The van der Waals surface area contributed by atoms with E-state index in [1.165, 1.54) is 16.6 Å². The Kier molecular flexibility index (Phi) is 6.48. The molecule has 0 radical (unpaired) electrons. The zero-order valence-corrected chi connectivity index (χ0v) is 20.9. The van der Waals surface area contributed by atoms with Crippen molar-refractivity contribution in [3.63, 3.8) is 0 Å². The van der Waals surface area contributed by atoms with Crippen molar-refractivity contribution in [1.82, 2.24) is 9.29 Å². The Bertz CT molecular complexity index is 1360. The van der Waals surface area contributed by atoms with E-state index in [9.17, 15) is 18.5 Å². The normalized spacial score (nSPS) is 19.7. The predicted molar refractivity (Wildman–Crippen MR) is 133 cm³/mol. The first-order chi connectivity index (χ1) is 16.5. The number of rotatable bonds is 5. The molecule has 0 spiro atoms. The molecule has 186 valence electrons. The third kappa shape index (κ3) is 4.82. The number of anilines is 1. The molecule has 0 aliphatic carbocycles. The highest BCUT2D eigenvalue weighted by Crippen LogP contribution is 2.37. The minimum atomic E-state index is -3.59. The van der Waals surface area contributed by atoms with Crippen molar-refractivity contribution >= 4 is 27.2 Å². The minimum absolute atomic E-state index is 0.0120. The summed E-state index contributed by atoms with van der Waals surface area (Å²) >= 11 is 0. The number of hydrogen-bond donors (Lipinski definition) is 3. The van der Waals surface area contributed by atoms with E-state index in [1.54, 1.807) is 18.2 Å². The largest absolute Gasteiger partial charge is 0.383 e. The van der Waals surface area contributed by atoms with Crippen LogP contribution in [0.25, 0.3) is 0 Å². The van der Waals surface area contributed by atoms with Crippen LogP contribution in [0.4, 0.5) is 11.4 Å². The highest BCUT2D eigenvalue weighted by molar-refractivity contribution is 7.89. The van der Waals surface area contributed by atoms with Crippen LogP contribution >= 0.6 is 0 Å². The summed E-state index contributed by atoms with van der Waals surface area (Å²) in [6.45, 7) is 6.81. The number of nitriles is 1. The number of pyridine rings is 1. The summed E-state index contributed by atoms with van der Waals surface area (Å²) in [6.07, 6.45) is 3.01. The van der Waals surface area contributed by atoms with E-state index in [-0.39, 0.29) is 29.3 Å². The van der Waals surface area contributed by atoms with E-state index in [0.29, 0.717) is 43.0 Å². The Morgan fingerprint density at radius 1 is 1.31 bits per heavy atom. The molecule has 1 aromatic heterocycles. The molecule has 4 N–H and O–H groups in total. The lowest BCUT2D eigenvalue weighted by Gasteiger charge is -2.37. The van der Waals surface area contributed by atoms with E-state index < -0.39 is 26.7 Å². The number of nitrogens with zero attached hydrogens (tertiary/aromatic N) is 3. The zero-order valence-electron chi connectivity index (χ0n) is 20.1. The number of benzene rings is 1. The van der Waals surface area contributed by atoms with Gasteiger partial charge in [0.25, 0.3) is 5.56 Å². The maximum atomic E-state index is 12.9. The highest BCUT2D eigenvalue weighted by atomic mass is 32.2. The minimum Gasteiger partial charge on any atom is -0.383 e. The topological polar surface area (TPSA) is 154 Å². The molecule has 11 heteroatoms. The number of sulfonamides is 1. The predicted octanol–water partition coefficient (Wildman–Crippen LogP) is 2.59. The van der Waals surface area contributed by atoms with E-state index in [4.69, 9.17) is 10.5 Å². The van der Waals surface area contributed by atoms with Gasteiger partial charge in [0.05, 0.1) is 34.3 Å². The summed E-state index contributed by atoms with van der Waals surface area (Å²) < 4.78 is 32.8. The Morgan fingerprint density at radius 3 is 2.69 bits per heavy atom. The smallest absolute Gasteiger partial charge is 0.261 e. The molecule has 0 saturated carbocycles. The molecule has 0 bridgehead atoms. The monoisotopic (exact) mass is 498 g/mol. The fourth-order valence-corrected chi connectivity index (χ4v) is 6.51. The molecule has 4 rings (SSSR count).